The average molecular weight is 352 g/mol. The first kappa shape index (κ1) is 16.4. The highest BCUT2D eigenvalue weighted by Crippen LogP contribution is 2.45. The van der Waals surface area contributed by atoms with E-state index in [1.807, 2.05) is 38.1 Å². The van der Waals surface area contributed by atoms with Crippen molar-refractivity contribution in [2.45, 2.75) is 32.0 Å². The van der Waals surface area contributed by atoms with E-state index in [4.69, 9.17) is 9.47 Å². The number of anilines is 1. The molecule has 2 heterocycles. The number of ether oxygens (including phenoxy) is 2. The van der Waals surface area contributed by atoms with Gasteiger partial charge in [-0.25, -0.2) is 9.59 Å². The Labute approximate surface area is 151 Å². The predicted molar refractivity (Wildman–Crippen MR) is 96.4 cm³/mol. The monoisotopic (exact) mass is 352 g/mol. The highest BCUT2D eigenvalue weighted by molar-refractivity contribution is 5.95. The minimum atomic E-state index is -0.805. The third kappa shape index (κ3) is 2.49. The van der Waals surface area contributed by atoms with E-state index in [-0.39, 0.29) is 12.1 Å². The summed E-state index contributed by atoms with van der Waals surface area (Å²) in [6.45, 7) is 3.90. The van der Waals surface area contributed by atoms with Crippen molar-refractivity contribution in [3.05, 3.63) is 59.2 Å². The van der Waals surface area contributed by atoms with E-state index in [9.17, 15) is 9.59 Å². The smallest absolute Gasteiger partial charge is 0.337 e. The summed E-state index contributed by atoms with van der Waals surface area (Å²) >= 11 is 0. The summed E-state index contributed by atoms with van der Waals surface area (Å²) in [6, 6.07) is 12.5. The number of fused-ring (bicyclic) bond motifs is 4. The van der Waals surface area contributed by atoms with Crippen LogP contribution in [0.15, 0.2) is 42.5 Å². The minimum Gasteiger partial charge on any atom is -0.467 e. The van der Waals surface area contributed by atoms with E-state index in [1.165, 1.54) is 7.11 Å². The van der Waals surface area contributed by atoms with Gasteiger partial charge >= 0.3 is 12.0 Å². The molecule has 2 aromatic carbocycles. The number of rotatable bonds is 2. The fraction of sp³-hybridized carbons (Fsp3) is 0.300. The molecule has 1 fully saturated rings. The van der Waals surface area contributed by atoms with Gasteiger partial charge in [-0.1, -0.05) is 12.1 Å². The molecule has 2 amide bonds. The standard InChI is InChI=1S/C20H20N2O4/c1-12-5-4-6-14(9-12)22-19(24)21-16-11-20(22,2)26-17-8-7-13(10-15(16)17)18(23)25-3/h4-10,16H,11H2,1-3H3,(H,21,24)/t16-,20+/m1/s1. The van der Waals surface area contributed by atoms with E-state index >= 15 is 0 Å². The first-order valence-corrected chi connectivity index (χ1v) is 8.50. The van der Waals surface area contributed by atoms with Crippen molar-refractivity contribution in [3.63, 3.8) is 0 Å². The third-order valence-electron chi connectivity index (χ3n) is 4.95. The summed E-state index contributed by atoms with van der Waals surface area (Å²) in [7, 11) is 1.34. The molecule has 6 heteroatoms. The molecule has 26 heavy (non-hydrogen) atoms. The Kier molecular flexibility index (Phi) is 3.64. The highest BCUT2D eigenvalue weighted by Gasteiger charge is 2.50. The Hall–Kier alpha value is -3.02. The molecule has 2 bridgehead atoms. The molecule has 0 unspecified atom stereocenters. The lowest BCUT2D eigenvalue weighted by atomic mass is 9.89. The molecule has 2 aromatic rings. The van der Waals surface area contributed by atoms with E-state index in [1.54, 1.807) is 23.1 Å². The topological polar surface area (TPSA) is 67.9 Å². The molecular weight excluding hydrogens is 332 g/mol. The van der Waals surface area contributed by atoms with Crippen LogP contribution in [-0.4, -0.2) is 24.8 Å². The molecule has 4 rings (SSSR count). The normalized spacial score (nSPS) is 23.6. The van der Waals surface area contributed by atoms with Gasteiger partial charge in [0, 0.05) is 17.7 Å². The van der Waals surface area contributed by atoms with Crippen molar-refractivity contribution < 1.29 is 19.1 Å². The largest absolute Gasteiger partial charge is 0.467 e. The number of amides is 2. The van der Waals surface area contributed by atoms with Crippen LogP contribution >= 0.6 is 0 Å². The number of carbonyl (C=O) groups is 2. The van der Waals surface area contributed by atoms with Gasteiger partial charge < -0.3 is 14.8 Å². The van der Waals surface area contributed by atoms with Crippen molar-refractivity contribution in [3.8, 4) is 5.75 Å². The van der Waals surface area contributed by atoms with Gasteiger partial charge in [-0.05, 0) is 49.7 Å². The van der Waals surface area contributed by atoms with Gasteiger partial charge in [0.1, 0.15) is 5.75 Å². The third-order valence-corrected chi connectivity index (χ3v) is 4.95. The van der Waals surface area contributed by atoms with Gasteiger partial charge in [-0.2, -0.15) is 0 Å². The molecule has 134 valence electrons. The molecule has 0 aromatic heterocycles. The summed E-state index contributed by atoms with van der Waals surface area (Å²) in [5, 5.41) is 3.04. The van der Waals surface area contributed by atoms with Crippen molar-refractivity contribution in [2.24, 2.45) is 0 Å². The van der Waals surface area contributed by atoms with E-state index < -0.39 is 11.7 Å². The summed E-state index contributed by atoms with van der Waals surface area (Å²) in [4.78, 5) is 26.3. The number of methoxy groups -OCH3 is 1. The molecule has 0 radical (unpaired) electrons. The molecule has 0 aliphatic carbocycles. The van der Waals surface area contributed by atoms with Gasteiger partial charge in [0.25, 0.3) is 0 Å². The SMILES string of the molecule is COC(=O)c1ccc2c(c1)[C@H]1C[C@](C)(O2)N(c2cccc(C)c2)C(=O)N1. The first-order valence-electron chi connectivity index (χ1n) is 8.50. The molecule has 0 spiro atoms. The van der Waals surface area contributed by atoms with Gasteiger partial charge in [0.2, 0.25) is 0 Å². The first-order chi connectivity index (χ1) is 12.4. The lowest BCUT2D eigenvalue weighted by molar-refractivity contribution is 0.0377. The Morgan fingerprint density at radius 3 is 2.85 bits per heavy atom. The summed E-state index contributed by atoms with van der Waals surface area (Å²) < 4.78 is 11.0. The zero-order valence-electron chi connectivity index (χ0n) is 14.9. The van der Waals surface area contributed by atoms with Gasteiger partial charge in [0.15, 0.2) is 5.72 Å². The number of urea groups is 1. The van der Waals surface area contributed by atoms with Crippen LogP contribution in [0.25, 0.3) is 0 Å². The number of esters is 1. The van der Waals surface area contributed by atoms with Crippen molar-refractivity contribution in [1.29, 1.82) is 0 Å². The Morgan fingerprint density at radius 2 is 2.12 bits per heavy atom. The fourth-order valence-corrected chi connectivity index (χ4v) is 3.78. The Morgan fingerprint density at radius 1 is 1.31 bits per heavy atom. The molecule has 1 saturated heterocycles. The van der Waals surface area contributed by atoms with Crippen LogP contribution in [0.4, 0.5) is 10.5 Å². The second kappa shape index (κ2) is 5.76. The maximum atomic E-state index is 12.9. The van der Waals surface area contributed by atoms with E-state index in [0.717, 1.165) is 16.8 Å². The van der Waals surface area contributed by atoms with E-state index in [0.29, 0.717) is 17.7 Å². The molecule has 1 N–H and O–H groups in total. The average Bonchev–Trinajstić information content (AvgIpc) is 2.60. The van der Waals surface area contributed by atoms with Crippen LogP contribution < -0.4 is 15.0 Å². The van der Waals surface area contributed by atoms with Crippen molar-refractivity contribution >= 4 is 17.7 Å². The minimum absolute atomic E-state index is 0.219. The number of nitrogens with one attached hydrogen (secondary N) is 1. The second-order valence-corrected chi connectivity index (χ2v) is 6.90. The summed E-state index contributed by atoms with van der Waals surface area (Å²) in [5.41, 5.74) is 2.29. The second-order valence-electron chi connectivity index (χ2n) is 6.90. The molecule has 2 aliphatic rings. The molecule has 2 aliphatic heterocycles. The van der Waals surface area contributed by atoms with Crippen LogP contribution in [0.2, 0.25) is 0 Å². The number of hydrogen-bond acceptors (Lipinski definition) is 4. The Balaban J connectivity index is 1.76. The Bertz CT molecular complexity index is 910. The molecule has 0 saturated carbocycles. The van der Waals surface area contributed by atoms with Gasteiger partial charge in [-0.3, -0.25) is 4.90 Å². The van der Waals surface area contributed by atoms with Crippen LogP contribution in [0, 0.1) is 6.92 Å². The van der Waals surface area contributed by atoms with Crippen LogP contribution in [0.3, 0.4) is 0 Å². The predicted octanol–water partition coefficient (Wildman–Crippen LogP) is 3.55. The zero-order valence-corrected chi connectivity index (χ0v) is 14.9. The summed E-state index contributed by atoms with van der Waals surface area (Å²) in [5.74, 6) is 0.249. The van der Waals surface area contributed by atoms with Gasteiger partial charge in [0.05, 0.1) is 18.7 Å². The molecule has 6 nitrogen and oxygen atoms in total. The quantitative estimate of drug-likeness (QED) is 0.840. The van der Waals surface area contributed by atoms with Crippen LogP contribution in [0.5, 0.6) is 5.75 Å². The van der Waals surface area contributed by atoms with Crippen molar-refractivity contribution in [2.75, 3.05) is 12.0 Å². The zero-order chi connectivity index (χ0) is 18.5. The number of aryl methyl sites for hydroxylation is 1. The number of benzene rings is 2. The fourth-order valence-electron chi connectivity index (χ4n) is 3.78. The highest BCUT2D eigenvalue weighted by atomic mass is 16.5. The number of hydrogen-bond donors (Lipinski definition) is 1. The maximum absolute atomic E-state index is 12.9. The van der Waals surface area contributed by atoms with E-state index in [2.05, 4.69) is 5.32 Å². The van der Waals surface area contributed by atoms with Crippen molar-refractivity contribution in [1.82, 2.24) is 5.32 Å². The number of carbonyl (C=O) groups excluding carboxylic acids is 2. The molecule has 2 atom stereocenters. The number of nitrogens with zero attached hydrogens (tertiary/aromatic N) is 1. The lowest BCUT2D eigenvalue weighted by Gasteiger charge is -2.50. The lowest BCUT2D eigenvalue weighted by Crippen LogP contribution is -2.65. The molecular formula is C20H20N2O4. The van der Waals surface area contributed by atoms with Crippen LogP contribution in [-0.2, 0) is 4.74 Å². The van der Waals surface area contributed by atoms with Crippen LogP contribution in [0.1, 0.15) is 40.9 Å². The summed E-state index contributed by atoms with van der Waals surface area (Å²) in [6.07, 6.45) is 0.574. The maximum Gasteiger partial charge on any atom is 0.337 e. The van der Waals surface area contributed by atoms with Gasteiger partial charge in [-0.15, -0.1) is 0 Å².